The predicted octanol–water partition coefficient (Wildman–Crippen LogP) is 3.93. The molecule has 36 heavy (non-hydrogen) atoms. The molecule has 2 bridgehead atoms. The molecule has 3 fully saturated rings. The largest absolute Gasteiger partial charge is 0.395 e. The second-order valence-corrected chi connectivity index (χ2v) is 14.5. The van der Waals surface area contributed by atoms with Crippen LogP contribution in [0.25, 0.3) is 0 Å². The number of ketones is 1. The minimum Gasteiger partial charge on any atom is -0.395 e. The Balaban J connectivity index is 1.48. The number of hydrogen-bond acceptors (Lipinski definition) is 6. The first kappa shape index (κ1) is 26.8. The van der Waals surface area contributed by atoms with Crippen molar-refractivity contribution >= 4 is 5.78 Å². The van der Waals surface area contributed by atoms with Gasteiger partial charge in [0.25, 0.3) is 0 Å². The number of carbonyl (C=O) groups is 1. The van der Waals surface area contributed by atoms with Crippen LogP contribution in [0.2, 0.25) is 0 Å². The van der Waals surface area contributed by atoms with Crippen LogP contribution in [-0.4, -0.2) is 62.3 Å². The maximum absolute atomic E-state index is 13.7. The van der Waals surface area contributed by atoms with Crippen LogP contribution in [0.15, 0.2) is 11.1 Å². The van der Waals surface area contributed by atoms with Crippen molar-refractivity contribution in [3.8, 4) is 0 Å². The van der Waals surface area contributed by atoms with Crippen LogP contribution in [0.3, 0.4) is 0 Å². The lowest BCUT2D eigenvalue weighted by molar-refractivity contribution is -0.124. The van der Waals surface area contributed by atoms with Gasteiger partial charge in [-0.25, -0.2) is 0 Å². The highest BCUT2D eigenvalue weighted by atomic mass is 16.5. The fraction of sp³-hybridized carbons (Fsp3) is 0.900. The maximum atomic E-state index is 13.7. The summed E-state index contributed by atoms with van der Waals surface area (Å²) in [7, 11) is 0. The van der Waals surface area contributed by atoms with Gasteiger partial charge < -0.3 is 25.2 Å². The zero-order valence-corrected chi connectivity index (χ0v) is 23.1. The van der Waals surface area contributed by atoms with E-state index < -0.39 is 28.6 Å². The molecule has 0 aromatic rings. The molecule has 0 amide bonds. The van der Waals surface area contributed by atoms with Crippen LogP contribution >= 0.6 is 0 Å². The van der Waals surface area contributed by atoms with E-state index in [9.17, 15) is 25.2 Å². The third-order valence-corrected chi connectivity index (χ3v) is 11.8. The van der Waals surface area contributed by atoms with Gasteiger partial charge in [0.2, 0.25) is 0 Å². The fourth-order valence-corrected chi connectivity index (χ4v) is 9.94. The molecule has 2 saturated heterocycles. The van der Waals surface area contributed by atoms with E-state index in [-0.39, 0.29) is 47.3 Å². The Bertz CT molecular complexity index is 948. The molecule has 1 spiro atoms. The first-order valence-electron chi connectivity index (χ1n) is 14.2. The van der Waals surface area contributed by atoms with Crippen molar-refractivity contribution in [1.29, 1.82) is 0 Å². The standard InChI is InChI=1S/C30H48O6/c1-17(7-8-22(34)27(4,5)35)24-21(33)15-29(16-31)19-13-20(32)25-26(2,3)23-10-12-30(25,36-23)14-18(19)9-11-28(24,29)6/h17,20,22-25,31-32,34-35H,7-16H2,1-6H3/t17-,20+,22+,23+,24+,25?,28-,29-,30?/m1/s1. The van der Waals surface area contributed by atoms with Crippen molar-refractivity contribution in [2.45, 2.75) is 129 Å². The Hall–Kier alpha value is -0.790. The van der Waals surface area contributed by atoms with Gasteiger partial charge in [0.15, 0.2) is 0 Å². The molecule has 6 heteroatoms. The van der Waals surface area contributed by atoms with Gasteiger partial charge in [-0.05, 0) is 82.0 Å². The van der Waals surface area contributed by atoms with Gasteiger partial charge in [-0.2, -0.15) is 0 Å². The molecule has 0 radical (unpaired) electrons. The molecule has 5 aliphatic rings. The topological polar surface area (TPSA) is 107 Å². The minimum absolute atomic E-state index is 0.0293. The van der Waals surface area contributed by atoms with Gasteiger partial charge in [0.05, 0.1) is 36.1 Å². The first-order chi connectivity index (χ1) is 16.6. The monoisotopic (exact) mass is 504 g/mol. The van der Waals surface area contributed by atoms with Crippen LogP contribution < -0.4 is 0 Å². The van der Waals surface area contributed by atoms with Crippen molar-refractivity contribution in [2.75, 3.05) is 6.61 Å². The average Bonchev–Trinajstić information content (AvgIpc) is 3.33. The van der Waals surface area contributed by atoms with Crippen LogP contribution in [0.5, 0.6) is 0 Å². The number of hydrogen-bond donors (Lipinski definition) is 4. The molecule has 204 valence electrons. The van der Waals surface area contributed by atoms with E-state index in [1.807, 2.05) is 0 Å². The Morgan fingerprint density at radius 2 is 1.83 bits per heavy atom. The van der Waals surface area contributed by atoms with Gasteiger partial charge in [0, 0.05) is 23.7 Å². The summed E-state index contributed by atoms with van der Waals surface area (Å²) >= 11 is 0. The highest BCUT2D eigenvalue weighted by Gasteiger charge is 2.69. The van der Waals surface area contributed by atoms with Crippen LogP contribution in [-0.2, 0) is 9.53 Å². The lowest BCUT2D eigenvalue weighted by Crippen LogP contribution is -2.49. The van der Waals surface area contributed by atoms with Crippen molar-refractivity contribution in [3.05, 3.63) is 11.1 Å². The SMILES string of the molecule is C[C@H](CC[C@H](O)C(C)(C)O)[C@H]1C(=O)C[C@@]2(CO)C3=C(CC[C@]12C)CC12CC[C@H](O1)C(C)(C)C2[C@@H](O)C3. The summed E-state index contributed by atoms with van der Waals surface area (Å²) in [5.74, 6) is 0.0718. The normalized spacial score (nSPS) is 45.2. The molecular formula is C30H48O6. The Kier molecular flexibility index (Phi) is 6.22. The van der Waals surface area contributed by atoms with Crippen molar-refractivity contribution in [2.24, 2.45) is 34.0 Å². The minimum atomic E-state index is -1.17. The van der Waals surface area contributed by atoms with E-state index >= 15 is 0 Å². The molecule has 0 aromatic heterocycles. The Morgan fingerprint density at radius 3 is 2.47 bits per heavy atom. The molecular weight excluding hydrogens is 456 g/mol. The smallest absolute Gasteiger partial charge is 0.137 e. The summed E-state index contributed by atoms with van der Waals surface area (Å²) in [4.78, 5) is 13.7. The molecule has 0 aromatic carbocycles. The number of aliphatic hydroxyl groups excluding tert-OH is 3. The van der Waals surface area contributed by atoms with Crippen LogP contribution in [0.1, 0.15) is 99.3 Å². The van der Waals surface area contributed by atoms with Crippen LogP contribution in [0, 0.1) is 34.0 Å². The maximum Gasteiger partial charge on any atom is 0.137 e. The first-order valence-corrected chi connectivity index (χ1v) is 14.2. The molecule has 6 nitrogen and oxygen atoms in total. The van der Waals surface area contributed by atoms with Crippen molar-refractivity contribution < 1.29 is 30.0 Å². The van der Waals surface area contributed by atoms with Crippen molar-refractivity contribution in [3.63, 3.8) is 0 Å². The molecule has 1 saturated carbocycles. The lowest BCUT2D eigenvalue weighted by atomic mass is 9.52. The van der Waals surface area contributed by atoms with E-state index in [1.165, 1.54) is 5.57 Å². The van der Waals surface area contributed by atoms with Crippen LogP contribution in [0.4, 0.5) is 0 Å². The van der Waals surface area contributed by atoms with Crippen molar-refractivity contribution in [1.82, 2.24) is 0 Å². The Morgan fingerprint density at radius 1 is 1.14 bits per heavy atom. The number of ether oxygens (including phenoxy) is 1. The zero-order chi connectivity index (χ0) is 26.5. The quantitative estimate of drug-likeness (QED) is 0.409. The number of aliphatic hydroxyl groups is 4. The van der Waals surface area contributed by atoms with Gasteiger partial charge in [0.1, 0.15) is 5.78 Å². The number of carbonyl (C=O) groups excluding carboxylic acids is 1. The summed E-state index contributed by atoms with van der Waals surface area (Å²) < 4.78 is 6.68. The van der Waals surface area contributed by atoms with E-state index in [1.54, 1.807) is 13.8 Å². The second kappa shape index (κ2) is 8.35. The molecule has 2 unspecified atom stereocenters. The second-order valence-electron chi connectivity index (χ2n) is 14.5. The van der Waals surface area contributed by atoms with Gasteiger partial charge in [-0.3, -0.25) is 4.79 Å². The highest BCUT2D eigenvalue weighted by Crippen LogP contribution is 2.70. The molecule has 2 aliphatic heterocycles. The molecule has 3 aliphatic carbocycles. The average molecular weight is 505 g/mol. The molecule has 5 rings (SSSR count). The summed E-state index contributed by atoms with van der Waals surface area (Å²) in [6.45, 7) is 11.9. The molecule has 9 atom stereocenters. The highest BCUT2D eigenvalue weighted by molar-refractivity contribution is 5.87. The van der Waals surface area contributed by atoms with E-state index in [0.29, 0.717) is 25.7 Å². The number of rotatable bonds is 6. The molecule has 4 N–H and O–H groups in total. The summed E-state index contributed by atoms with van der Waals surface area (Å²) in [6.07, 6.45) is 5.26. The third-order valence-electron chi connectivity index (χ3n) is 11.8. The lowest BCUT2D eigenvalue weighted by Gasteiger charge is -2.52. The predicted molar refractivity (Wildman–Crippen MR) is 137 cm³/mol. The summed E-state index contributed by atoms with van der Waals surface area (Å²) in [6, 6.07) is 0. The summed E-state index contributed by atoms with van der Waals surface area (Å²) in [5.41, 5.74) is -0.182. The third kappa shape index (κ3) is 3.50. The van der Waals surface area contributed by atoms with Gasteiger partial charge in [-0.15, -0.1) is 0 Å². The van der Waals surface area contributed by atoms with Gasteiger partial charge in [-0.1, -0.05) is 38.8 Å². The van der Waals surface area contributed by atoms with E-state index in [0.717, 1.165) is 37.7 Å². The number of Topliss-reactive ketones (excluding diaryl/α,β-unsaturated/α-hetero) is 1. The fourth-order valence-electron chi connectivity index (χ4n) is 9.94. The van der Waals surface area contributed by atoms with Gasteiger partial charge >= 0.3 is 0 Å². The zero-order valence-electron chi connectivity index (χ0n) is 23.1. The molecule has 2 heterocycles. The Labute approximate surface area is 216 Å². The van der Waals surface area contributed by atoms with E-state index in [4.69, 9.17) is 4.74 Å². The number of fused-ring (bicyclic) bond motifs is 3. The van der Waals surface area contributed by atoms with E-state index in [2.05, 4.69) is 27.7 Å². The summed E-state index contributed by atoms with van der Waals surface area (Å²) in [5, 5.41) is 43.3.